The number of hydrogen-bond donors (Lipinski definition) is 3. The number of furan rings is 1. The summed E-state index contributed by atoms with van der Waals surface area (Å²) in [4.78, 5) is 23.5. The number of amides is 1. The molecule has 1 aliphatic rings. The molecule has 0 unspecified atom stereocenters. The molecular weight excluding hydrogens is 343 g/mol. The lowest BCUT2D eigenvalue weighted by molar-refractivity contribution is -0.138. The van der Waals surface area contributed by atoms with Crippen LogP contribution in [0.1, 0.15) is 28.6 Å². The predicted molar refractivity (Wildman–Crippen MR) is 85.0 cm³/mol. The highest BCUT2D eigenvalue weighted by molar-refractivity contribution is 6.35. The molecule has 0 bridgehead atoms. The van der Waals surface area contributed by atoms with Crippen LogP contribution in [0, 0.1) is 0 Å². The highest BCUT2D eigenvalue weighted by atomic mass is 35.5. The maximum Gasteiger partial charge on any atom is 0.326 e. The molecule has 23 heavy (non-hydrogen) atoms. The van der Waals surface area contributed by atoms with Gasteiger partial charge in [0.15, 0.2) is 5.76 Å². The first-order valence-electron chi connectivity index (χ1n) is 6.78. The van der Waals surface area contributed by atoms with Crippen LogP contribution in [-0.4, -0.2) is 23.0 Å². The maximum atomic E-state index is 12.2. The van der Waals surface area contributed by atoms with Crippen LogP contribution in [0.25, 0.3) is 0 Å². The van der Waals surface area contributed by atoms with Gasteiger partial charge in [0.25, 0.3) is 5.91 Å². The van der Waals surface area contributed by atoms with E-state index in [9.17, 15) is 14.7 Å². The standard InChI is InChI=1S/C15H12Cl2N2O4/c16-7-4-8(17)13-9(5-7)18-11(15(21)22)6-10(13)19-14(20)12-2-1-3-23-12/h1-5,10-11,18H,6H2,(H,19,20)(H,21,22)/t10-,11+/m1/s1. The summed E-state index contributed by atoms with van der Waals surface area (Å²) in [5.41, 5.74) is 1.10. The van der Waals surface area contributed by atoms with E-state index in [0.29, 0.717) is 21.3 Å². The number of fused-ring (bicyclic) bond motifs is 1. The molecule has 3 rings (SSSR count). The van der Waals surface area contributed by atoms with Gasteiger partial charge in [0.1, 0.15) is 6.04 Å². The van der Waals surface area contributed by atoms with Gasteiger partial charge in [0, 0.05) is 27.7 Å². The van der Waals surface area contributed by atoms with Gasteiger partial charge < -0.3 is 20.2 Å². The monoisotopic (exact) mass is 354 g/mol. The van der Waals surface area contributed by atoms with Crippen molar-refractivity contribution in [1.82, 2.24) is 5.32 Å². The summed E-state index contributed by atoms with van der Waals surface area (Å²) < 4.78 is 5.05. The van der Waals surface area contributed by atoms with Crippen LogP contribution in [0.4, 0.5) is 5.69 Å². The number of carboxylic acid groups (broad SMARTS) is 1. The number of nitrogens with one attached hydrogen (secondary N) is 2. The number of rotatable bonds is 3. The third-order valence-corrected chi connectivity index (χ3v) is 4.12. The topological polar surface area (TPSA) is 91.6 Å². The molecular formula is C15H12Cl2N2O4. The van der Waals surface area contributed by atoms with Crippen LogP contribution in [-0.2, 0) is 4.79 Å². The maximum absolute atomic E-state index is 12.2. The third kappa shape index (κ3) is 3.13. The molecule has 0 saturated carbocycles. The molecule has 2 aromatic rings. The first-order valence-corrected chi connectivity index (χ1v) is 7.54. The lowest BCUT2D eigenvalue weighted by atomic mass is 9.92. The van der Waals surface area contributed by atoms with Crippen LogP contribution < -0.4 is 10.6 Å². The van der Waals surface area contributed by atoms with Gasteiger partial charge in [-0.2, -0.15) is 0 Å². The van der Waals surface area contributed by atoms with E-state index in [1.807, 2.05) is 0 Å². The van der Waals surface area contributed by atoms with Crippen LogP contribution in [0.15, 0.2) is 34.9 Å². The molecule has 3 N–H and O–H groups in total. The Kier molecular flexibility index (Phi) is 4.19. The molecule has 8 heteroatoms. The van der Waals surface area contributed by atoms with E-state index in [1.54, 1.807) is 18.2 Å². The van der Waals surface area contributed by atoms with Gasteiger partial charge in [-0.15, -0.1) is 0 Å². The second-order valence-corrected chi connectivity index (χ2v) is 5.97. The quantitative estimate of drug-likeness (QED) is 0.786. The van der Waals surface area contributed by atoms with E-state index >= 15 is 0 Å². The fourth-order valence-corrected chi connectivity index (χ4v) is 3.21. The average molecular weight is 355 g/mol. The molecule has 120 valence electrons. The molecule has 0 aliphatic carbocycles. The first-order chi connectivity index (χ1) is 11.0. The zero-order chi connectivity index (χ0) is 16.6. The number of anilines is 1. The van der Waals surface area contributed by atoms with Gasteiger partial charge in [0.2, 0.25) is 0 Å². The van der Waals surface area contributed by atoms with E-state index in [4.69, 9.17) is 27.6 Å². The van der Waals surface area contributed by atoms with Crippen molar-refractivity contribution in [3.05, 3.63) is 51.9 Å². The van der Waals surface area contributed by atoms with E-state index in [0.717, 1.165) is 0 Å². The summed E-state index contributed by atoms with van der Waals surface area (Å²) in [5.74, 6) is -1.32. The lowest BCUT2D eigenvalue weighted by Crippen LogP contribution is -2.41. The summed E-state index contributed by atoms with van der Waals surface area (Å²) in [7, 11) is 0. The molecule has 1 aliphatic heterocycles. The molecule has 0 spiro atoms. The minimum absolute atomic E-state index is 0.141. The van der Waals surface area contributed by atoms with Gasteiger partial charge in [-0.3, -0.25) is 4.79 Å². The summed E-state index contributed by atoms with van der Waals surface area (Å²) in [6.45, 7) is 0. The Hall–Kier alpha value is -2.18. The Morgan fingerprint density at radius 3 is 2.78 bits per heavy atom. The number of halogens is 2. The van der Waals surface area contributed by atoms with Crippen LogP contribution in [0.5, 0.6) is 0 Å². The molecule has 1 aromatic carbocycles. The fourth-order valence-electron chi connectivity index (χ4n) is 2.59. The van der Waals surface area contributed by atoms with E-state index in [2.05, 4.69) is 10.6 Å². The van der Waals surface area contributed by atoms with E-state index in [1.165, 1.54) is 12.3 Å². The predicted octanol–water partition coefficient (Wildman–Crippen LogP) is 3.33. The number of benzene rings is 1. The number of carbonyl (C=O) groups excluding carboxylic acids is 1. The van der Waals surface area contributed by atoms with Crippen molar-refractivity contribution in [3.63, 3.8) is 0 Å². The van der Waals surface area contributed by atoms with Gasteiger partial charge in [-0.1, -0.05) is 23.2 Å². The number of carboxylic acids is 1. The molecule has 0 saturated heterocycles. The molecule has 2 heterocycles. The van der Waals surface area contributed by atoms with Crippen LogP contribution in [0.2, 0.25) is 10.0 Å². The number of aliphatic carboxylic acids is 1. The van der Waals surface area contributed by atoms with E-state index in [-0.39, 0.29) is 12.2 Å². The fraction of sp³-hybridized carbons (Fsp3) is 0.200. The van der Waals surface area contributed by atoms with Crippen molar-refractivity contribution >= 4 is 40.8 Å². The molecule has 0 radical (unpaired) electrons. The third-order valence-electron chi connectivity index (χ3n) is 3.59. The van der Waals surface area contributed by atoms with Crippen molar-refractivity contribution in [1.29, 1.82) is 0 Å². The molecule has 0 fully saturated rings. The summed E-state index contributed by atoms with van der Waals surface area (Å²) in [6.07, 6.45) is 1.54. The molecule has 6 nitrogen and oxygen atoms in total. The Balaban J connectivity index is 1.96. The SMILES string of the molecule is O=C(N[C@@H]1C[C@@H](C(=O)O)Nc2cc(Cl)cc(Cl)c21)c1ccco1. The minimum Gasteiger partial charge on any atom is -0.480 e. The largest absolute Gasteiger partial charge is 0.480 e. The Morgan fingerprint density at radius 1 is 1.35 bits per heavy atom. The van der Waals surface area contributed by atoms with Gasteiger partial charge in [-0.05, 0) is 24.3 Å². The smallest absolute Gasteiger partial charge is 0.326 e. The molecule has 1 amide bonds. The van der Waals surface area contributed by atoms with Crippen molar-refractivity contribution < 1.29 is 19.1 Å². The second kappa shape index (κ2) is 6.14. The Morgan fingerprint density at radius 2 is 2.13 bits per heavy atom. The second-order valence-electron chi connectivity index (χ2n) is 5.12. The molecule has 2 atom stereocenters. The zero-order valence-corrected chi connectivity index (χ0v) is 13.2. The number of hydrogen-bond acceptors (Lipinski definition) is 4. The summed E-state index contributed by atoms with van der Waals surface area (Å²) in [5, 5.41) is 15.6. The zero-order valence-electron chi connectivity index (χ0n) is 11.7. The summed E-state index contributed by atoms with van der Waals surface area (Å²) in [6, 6.07) is 4.82. The summed E-state index contributed by atoms with van der Waals surface area (Å²) >= 11 is 12.2. The van der Waals surface area contributed by atoms with E-state index < -0.39 is 24.0 Å². The minimum atomic E-state index is -1.02. The Labute approximate surface area is 141 Å². The van der Waals surface area contributed by atoms with Gasteiger partial charge in [0.05, 0.1) is 12.3 Å². The first kappa shape index (κ1) is 15.7. The number of carbonyl (C=O) groups is 2. The normalized spacial score (nSPS) is 19.6. The van der Waals surface area contributed by atoms with Crippen molar-refractivity contribution in [2.24, 2.45) is 0 Å². The highest BCUT2D eigenvalue weighted by Gasteiger charge is 2.33. The van der Waals surface area contributed by atoms with Gasteiger partial charge in [-0.25, -0.2) is 4.79 Å². The van der Waals surface area contributed by atoms with Crippen LogP contribution >= 0.6 is 23.2 Å². The lowest BCUT2D eigenvalue weighted by Gasteiger charge is -2.32. The van der Waals surface area contributed by atoms with Gasteiger partial charge >= 0.3 is 5.97 Å². The van der Waals surface area contributed by atoms with Crippen LogP contribution in [0.3, 0.4) is 0 Å². The van der Waals surface area contributed by atoms with Crippen molar-refractivity contribution in [3.8, 4) is 0 Å². The Bertz CT molecular complexity index is 761. The average Bonchev–Trinajstić information content (AvgIpc) is 3.00. The van der Waals surface area contributed by atoms with Crippen molar-refractivity contribution in [2.75, 3.05) is 5.32 Å². The van der Waals surface area contributed by atoms with Crippen molar-refractivity contribution in [2.45, 2.75) is 18.5 Å². The highest BCUT2D eigenvalue weighted by Crippen LogP contribution is 2.39. The molecule has 1 aromatic heterocycles.